The van der Waals surface area contributed by atoms with E-state index in [4.69, 9.17) is 5.41 Å². The van der Waals surface area contributed by atoms with Crippen LogP contribution in [0.4, 0.5) is 0 Å². The van der Waals surface area contributed by atoms with Gasteiger partial charge in [-0.15, -0.1) is 11.8 Å². The molecule has 0 saturated carbocycles. The van der Waals surface area contributed by atoms with E-state index in [9.17, 15) is 0 Å². The van der Waals surface area contributed by atoms with Crippen LogP contribution in [0.1, 0.15) is 23.1 Å². The number of fused-ring (bicyclic) bond motifs is 1. The predicted molar refractivity (Wildman–Crippen MR) is 58.8 cm³/mol. The number of hydrogen-bond acceptors (Lipinski definition) is 2. The number of benzene rings is 1. The molecule has 68 valence electrons. The summed E-state index contributed by atoms with van der Waals surface area (Å²) in [6, 6.07) is 6.44. The Balaban J connectivity index is 2.36. The molecule has 0 unspecified atom stereocenters. The highest BCUT2D eigenvalue weighted by Gasteiger charge is 2.11. The first-order valence-electron chi connectivity index (χ1n) is 4.56. The van der Waals surface area contributed by atoms with Gasteiger partial charge in [0.15, 0.2) is 0 Å². The molecule has 13 heavy (non-hydrogen) atoms. The molecule has 1 N–H and O–H groups in total. The minimum absolute atomic E-state index is 0.676. The van der Waals surface area contributed by atoms with E-state index in [1.54, 1.807) is 0 Å². The van der Waals surface area contributed by atoms with Gasteiger partial charge < -0.3 is 0 Å². The molecule has 1 aliphatic rings. The summed E-state index contributed by atoms with van der Waals surface area (Å²) in [5.41, 5.74) is 4.02. The van der Waals surface area contributed by atoms with Gasteiger partial charge in [-0.25, -0.2) is 0 Å². The van der Waals surface area contributed by atoms with Gasteiger partial charge in [-0.3, -0.25) is 5.41 Å². The Bertz CT molecular complexity index is 344. The van der Waals surface area contributed by atoms with E-state index in [0.29, 0.717) is 5.04 Å². The summed E-state index contributed by atoms with van der Waals surface area (Å²) in [7, 11) is 0. The highest BCUT2D eigenvalue weighted by atomic mass is 32.2. The molecule has 0 heterocycles. The first-order chi connectivity index (χ1) is 6.31. The van der Waals surface area contributed by atoms with E-state index in [2.05, 4.69) is 18.2 Å². The summed E-state index contributed by atoms with van der Waals surface area (Å²) in [6.45, 7) is 0. The Kier molecular flexibility index (Phi) is 2.40. The Morgan fingerprint density at radius 3 is 2.85 bits per heavy atom. The van der Waals surface area contributed by atoms with Gasteiger partial charge in [0.2, 0.25) is 0 Å². The predicted octanol–water partition coefficient (Wildman–Crippen LogP) is 2.86. The Labute approximate surface area is 83.1 Å². The van der Waals surface area contributed by atoms with Crippen LogP contribution in [0.5, 0.6) is 0 Å². The zero-order valence-corrected chi connectivity index (χ0v) is 8.58. The lowest BCUT2D eigenvalue weighted by Gasteiger charge is -2.03. The van der Waals surface area contributed by atoms with E-state index in [-0.39, 0.29) is 0 Å². The fraction of sp³-hybridized carbons (Fsp3) is 0.364. The summed E-state index contributed by atoms with van der Waals surface area (Å²) >= 11 is 1.51. The second-order valence-electron chi connectivity index (χ2n) is 3.37. The van der Waals surface area contributed by atoms with Crippen molar-refractivity contribution < 1.29 is 0 Å². The summed E-state index contributed by atoms with van der Waals surface area (Å²) in [5, 5.41) is 8.38. The number of rotatable bonds is 1. The maximum Gasteiger partial charge on any atom is 0.0939 e. The third-order valence-electron chi connectivity index (χ3n) is 2.56. The van der Waals surface area contributed by atoms with Crippen molar-refractivity contribution in [3.63, 3.8) is 0 Å². The van der Waals surface area contributed by atoms with Crippen molar-refractivity contribution in [2.24, 2.45) is 0 Å². The van der Waals surface area contributed by atoms with Crippen molar-refractivity contribution >= 4 is 16.8 Å². The molecule has 0 radical (unpaired) electrons. The smallest absolute Gasteiger partial charge is 0.0939 e. The van der Waals surface area contributed by atoms with E-state index in [1.165, 1.54) is 42.2 Å². The largest absolute Gasteiger partial charge is 0.293 e. The molecular formula is C11H13NS. The van der Waals surface area contributed by atoms with Crippen LogP contribution in [-0.4, -0.2) is 11.3 Å². The van der Waals surface area contributed by atoms with Crippen LogP contribution >= 0.6 is 11.8 Å². The van der Waals surface area contributed by atoms with Crippen LogP contribution in [0.3, 0.4) is 0 Å². The molecule has 1 nitrogen and oxygen atoms in total. The maximum absolute atomic E-state index is 7.70. The lowest BCUT2D eigenvalue weighted by molar-refractivity contribution is 0.912. The fourth-order valence-corrected chi connectivity index (χ4v) is 2.19. The fourth-order valence-electron chi connectivity index (χ4n) is 1.83. The van der Waals surface area contributed by atoms with Crippen LogP contribution in [0, 0.1) is 5.41 Å². The summed E-state index contributed by atoms with van der Waals surface area (Å²) < 4.78 is 0. The van der Waals surface area contributed by atoms with Crippen molar-refractivity contribution in [2.45, 2.75) is 19.3 Å². The lowest BCUT2D eigenvalue weighted by Crippen LogP contribution is -1.94. The van der Waals surface area contributed by atoms with Crippen molar-refractivity contribution in [2.75, 3.05) is 6.26 Å². The molecule has 0 atom stereocenters. The molecule has 0 saturated heterocycles. The number of thioether (sulfide) groups is 1. The van der Waals surface area contributed by atoms with Crippen LogP contribution in [0.15, 0.2) is 18.2 Å². The summed E-state index contributed by atoms with van der Waals surface area (Å²) in [5.74, 6) is 0. The molecule has 0 aromatic heterocycles. The summed E-state index contributed by atoms with van der Waals surface area (Å²) in [4.78, 5) is 0. The van der Waals surface area contributed by atoms with E-state index in [0.717, 1.165) is 5.56 Å². The highest BCUT2D eigenvalue weighted by Crippen LogP contribution is 2.24. The van der Waals surface area contributed by atoms with Gasteiger partial charge in [0, 0.05) is 5.56 Å². The molecule has 0 spiro atoms. The monoisotopic (exact) mass is 191 g/mol. The van der Waals surface area contributed by atoms with Crippen LogP contribution in [-0.2, 0) is 12.8 Å². The molecule has 0 fully saturated rings. The quantitative estimate of drug-likeness (QED) is 0.535. The first kappa shape index (κ1) is 8.82. The van der Waals surface area contributed by atoms with Crippen molar-refractivity contribution in [1.29, 1.82) is 5.41 Å². The van der Waals surface area contributed by atoms with Crippen LogP contribution in [0.2, 0.25) is 0 Å². The minimum atomic E-state index is 0.676. The Morgan fingerprint density at radius 2 is 2.08 bits per heavy atom. The average Bonchev–Trinajstić information content (AvgIpc) is 2.63. The van der Waals surface area contributed by atoms with Crippen LogP contribution in [0.25, 0.3) is 0 Å². The van der Waals surface area contributed by atoms with Gasteiger partial charge >= 0.3 is 0 Å². The number of hydrogen-bond donors (Lipinski definition) is 1. The molecule has 2 heteroatoms. The van der Waals surface area contributed by atoms with Crippen molar-refractivity contribution in [3.8, 4) is 0 Å². The standard InChI is InChI=1S/C11H13NS/c1-13-11(12)10-6-5-8-3-2-4-9(8)7-10/h5-7,12H,2-4H2,1H3. The van der Waals surface area contributed by atoms with E-state index in [1.807, 2.05) is 6.26 Å². The number of aryl methyl sites for hydroxylation is 2. The lowest BCUT2D eigenvalue weighted by atomic mass is 10.1. The molecule has 0 amide bonds. The Hall–Kier alpha value is -0.760. The molecule has 1 aliphatic carbocycles. The molecular weight excluding hydrogens is 178 g/mol. The molecule has 0 aliphatic heterocycles. The van der Waals surface area contributed by atoms with Gasteiger partial charge in [-0.2, -0.15) is 0 Å². The van der Waals surface area contributed by atoms with E-state index < -0.39 is 0 Å². The van der Waals surface area contributed by atoms with Gasteiger partial charge in [0.25, 0.3) is 0 Å². The zero-order chi connectivity index (χ0) is 9.26. The topological polar surface area (TPSA) is 23.9 Å². The first-order valence-corrected chi connectivity index (χ1v) is 5.78. The van der Waals surface area contributed by atoms with Gasteiger partial charge in [0.1, 0.15) is 0 Å². The van der Waals surface area contributed by atoms with E-state index >= 15 is 0 Å². The Morgan fingerprint density at radius 1 is 1.31 bits per heavy atom. The molecule has 1 aromatic rings. The second-order valence-corrected chi connectivity index (χ2v) is 4.19. The number of nitrogens with one attached hydrogen (secondary N) is 1. The third kappa shape index (κ3) is 1.63. The van der Waals surface area contributed by atoms with Gasteiger partial charge in [-0.05, 0) is 42.7 Å². The minimum Gasteiger partial charge on any atom is -0.293 e. The molecule has 2 rings (SSSR count). The van der Waals surface area contributed by atoms with Crippen molar-refractivity contribution in [3.05, 3.63) is 34.9 Å². The van der Waals surface area contributed by atoms with Gasteiger partial charge in [0.05, 0.1) is 5.04 Å². The third-order valence-corrected chi connectivity index (χ3v) is 3.21. The second kappa shape index (κ2) is 3.54. The normalized spacial score (nSPS) is 14.2. The van der Waals surface area contributed by atoms with Crippen molar-refractivity contribution in [1.82, 2.24) is 0 Å². The SMILES string of the molecule is CSC(=N)c1ccc2c(c1)CCC2. The molecule has 0 bridgehead atoms. The van der Waals surface area contributed by atoms with Crippen LogP contribution < -0.4 is 0 Å². The average molecular weight is 191 g/mol. The summed E-state index contributed by atoms with van der Waals surface area (Å²) in [6.07, 6.45) is 5.66. The van der Waals surface area contributed by atoms with Gasteiger partial charge in [-0.1, -0.05) is 12.1 Å². The maximum atomic E-state index is 7.70. The highest BCUT2D eigenvalue weighted by molar-refractivity contribution is 8.13. The zero-order valence-electron chi connectivity index (χ0n) is 7.76. The molecule has 1 aromatic carbocycles.